The first-order valence-corrected chi connectivity index (χ1v) is 9.44. The monoisotopic (exact) mass is 400 g/mol. The molecule has 0 aliphatic carbocycles. The summed E-state index contributed by atoms with van der Waals surface area (Å²) < 4.78 is 45.2. The van der Waals surface area contributed by atoms with Crippen LogP contribution in [0.2, 0.25) is 5.02 Å². The number of nitrogens with one attached hydrogen (secondary N) is 1. The third kappa shape index (κ3) is 4.32. The second kappa shape index (κ2) is 8.03. The van der Waals surface area contributed by atoms with E-state index < -0.39 is 21.7 Å². The highest BCUT2D eigenvalue weighted by atomic mass is 35.5. The molecule has 1 amide bonds. The van der Waals surface area contributed by atoms with Crippen LogP contribution in [0.15, 0.2) is 41.3 Å². The molecule has 1 N–H and O–H groups in total. The number of nitrogens with zero attached hydrogens (tertiary/aromatic N) is 1. The van der Waals surface area contributed by atoms with E-state index in [0.29, 0.717) is 0 Å². The van der Waals surface area contributed by atoms with Crippen LogP contribution < -0.4 is 10.1 Å². The van der Waals surface area contributed by atoms with Crippen molar-refractivity contribution in [3.8, 4) is 5.75 Å². The molecule has 140 valence electrons. The van der Waals surface area contributed by atoms with E-state index in [1.165, 1.54) is 44.4 Å². The Morgan fingerprint density at radius 3 is 2.54 bits per heavy atom. The Morgan fingerprint density at radius 2 is 1.92 bits per heavy atom. The number of benzene rings is 2. The molecular formula is C17H18ClFN2O4S. The van der Waals surface area contributed by atoms with Crippen molar-refractivity contribution < 1.29 is 22.3 Å². The van der Waals surface area contributed by atoms with Crippen LogP contribution in [-0.2, 0) is 10.0 Å². The van der Waals surface area contributed by atoms with E-state index in [0.717, 1.165) is 10.4 Å². The van der Waals surface area contributed by atoms with Gasteiger partial charge in [-0.3, -0.25) is 4.79 Å². The molecule has 0 aromatic heterocycles. The van der Waals surface area contributed by atoms with Gasteiger partial charge >= 0.3 is 0 Å². The lowest BCUT2D eigenvalue weighted by molar-refractivity contribution is 0.102. The molecule has 0 saturated carbocycles. The standard InChI is InChI=1S/C17H18ClFN2O4S/c1-4-25-15-8-6-12(10-16(15)26(23,24)21(2)3)20-17(22)13-9-11(18)5-7-14(13)19/h5-10H,4H2,1-3H3,(H,20,22). The maximum absolute atomic E-state index is 13.8. The maximum atomic E-state index is 13.8. The molecule has 2 aromatic rings. The van der Waals surface area contributed by atoms with Crippen molar-refractivity contribution in [3.63, 3.8) is 0 Å². The second-order valence-electron chi connectivity index (χ2n) is 5.46. The van der Waals surface area contributed by atoms with Crippen LogP contribution in [0.5, 0.6) is 5.75 Å². The maximum Gasteiger partial charge on any atom is 0.258 e. The van der Waals surface area contributed by atoms with Crippen LogP contribution in [0, 0.1) is 5.82 Å². The Kier molecular flexibility index (Phi) is 6.22. The quantitative estimate of drug-likeness (QED) is 0.806. The van der Waals surface area contributed by atoms with Crippen molar-refractivity contribution in [2.24, 2.45) is 0 Å². The van der Waals surface area contributed by atoms with Gasteiger partial charge in [-0.2, -0.15) is 0 Å². The first-order valence-electron chi connectivity index (χ1n) is 7.62. The summed E-state index contributed by atoms with van der Waals surface area (Å²) in [5.41, 5.74) is -0.0679. The summed E-state index contributed by atoms with van der Waals surface area (Å²) in [5, 5.41) is 2.68. The molecule has 0 unspecified atom stereocenters. The van der Waals surface area contributed by atoms with Gasteiger partial charge in [0.2, 0.25) is 10.0 Å². The van der Waals surface area contributed by atoms with Crippen LogP contribution in [0.25, 0.3) is 0 Å². The number of hydrogen-bond acceptors (Lipinski definition) is 4. The highest BCUT2D eigenvalue weighted by molar-refractivity contribution is 7.89. The molecule has 0 bridgehead atoms. The number of ether oxygens (including phenoxy) is 1. The summed E-state index contributed by atoms with van der Waals surface area (Å²) in [5.74, 6) is -1.32. The highest BCUT2D eigenvalue weighted by Crippen LogP contribution is 2.29. The zero-order chi connectivity index (χ0) is 19.5. The lowest BCUT2D eigenvalue weighted by atomic mass is 10.2. The second-order valence-corrected chi connectivity index (χ2v) is 8.02. The topological polar surface area (TPSA) is 75.7 Å². The summed E-state index contributed by atoms with van der Waals surface area (Å²) in [6, 6.07) is 7.77. The average Bonchev–Trinajstić information content (AvgIpc) is 2.58. The van der Waals surface area contributed by atoms with Gasteiger partial charge in [0, 0.05) is 24.8 Å². The smallest absolute Gasteiger partial charge is 0.258 e. The molecule has 6 nitrogen and oxygen atoms in total. The number of carbonyl (C=O) groups excluding carboxylic acids is 1. The fraction of sp³-hybridized carbons (Fsp3) is 0.235. The summed E-state index contributed by atoms with van der Waals surface area (Å²) in [4.78, 5) is 12.2. The van der Waals surface area contributed by atoms with Gasteiger partial charge < -0.3 is 10.1 Å². The Balaban J connectivity index is 2.42. The minimum absolute atomic E-state index is 0.103. The van der Waals surface area contributed by atoms with E-state index in [1.807, 2.05) is 0 Å². The van der Waals surface area contributed by atoms with E-state index in [4.69, 9.17) is 16.3 Å². The summed E-state index contributed by atoms with van der Waals surface area (Å²) in [6.45, 7) is 2.00. The van der Waals surface area contributed by atoms with Gasteiger partial charge in [-0.15, -0.1) is 0 Å². The third-order valence-corrected chi connectivity index (χ3v) is 5.50. The lowest BCUT2D eigenvalue weighted by Crippen LogP contribution is -2.23. The van der Waals surface area contributed by atoms with E-state index in [2.05, 4.69) is 5.32 Å². The number of amides is 1. The normalized spacial score (nSPS) is 11.5. The summed E-state index contributed by atoms with van der Waals surface area (Å²) in [6.07, 6.45) is 0. The molecule has 0 spiro atoms. The molecule has 9 heteroatoms. The predicted octanol–water partition coefficient (Wildman–Crippen LogP) is 3.38. The van der Waals surface area contributed by atoms with Crippen molar-refractivity contribution >= 4 is 33.2 Å². The predicted molar refractivity (Wildman–Crippen MR) is 97.8 cm³/mol. The molecule has 0 radical (unpaired) electrons. The van der Waals surface area contributed by atoms with Crippen LogP contribution in [0.3, 0.4) is 0 Å². The van der Waals surface area contributed by atoms with Crippen LogP contribution in [-0.4, -0.2) is 39.3 Å². The van der Waals surface area contributed by atoms with Gasteiger partial charge in [0.05, 0.1) is 12.2 Å². The SMILES string of the molecule is CCOc1ccc(NC(=O)c2cc(Cl)ccc2F)cc1S(=O)(=O)N(C)C. The molecule has 0 aliphatic rings. The Hall–Kier alpha value is -2.16. The molecule has 0 fully saturated rings. The van der Waals surface area contributed by atoms with Crippen molar-refractivity contribution in [2.45, 2.75) is 11.8 Å². The highest BCUT2D eigenvalue weighted by Gasteiger charge is 2.23. The minimum atomic E-state index is -3.81. The van der Waals surface area contributed by atoms with E-state index in [9.17, 15) is 17.6 Å². The van der Waals surface area contributed by atoms with Gasteiger partial charge in [0.15, 0.2) is 0 Å². The minimum Gasteiger partial charge on any atom is -0.492 e. The van der Waals surface area contributed by atoms with Gasteiger partial charge in [0.1, 0.15) is 16.5 Å². The average molecular weight is 401 g/mol. The van der Waals surface area contributed by atoms with Crippen LogP contribution in [0.1, 0.15) is 17.3 Å². The third-order valence-electron chi connectivity index (χ3n) is 3.43. The van der Waals surface area contributed by atoms with Gasteiger partial charge in [0.25, 0.3) is 5.91 Å². The largest absolute Gasteiger partial charge is 0.492 e. The van der Waals surface area contributed by atoms with Crippen LogP contribution in [0.4, 0.5) is 10.1 Å². The number of hydrogen-bond donors (Lipinski definition) is 1. The van der Waals surface area contributed by atoms with Crippen molar-refractivity contribution in [2.75, 3.05) is 26.0 Å². The zero-order valence-corrected chi connectivity index (χ0v) is 16.0. The van der Waals surface area contributed by atoms with Crippen LogP contribution >= 0.6 is 11.6 Å². The molecule has 0 heterocycles. The number of sulfonamides is 1. The number of halogens is 2. The number of rotatable bonds is 6. The van der Waals surface area contributed by atoms with Gasteiger partial charge in [-0.05, 0) is 43.3 Å². The fourth-order valence-electron chi connectivity index (χ4n) is 2.13. The van der Waals surface area contributed by atoms with Gasteiger partial charge in [-0.25, -0.2) is 17.1 Å². The van der Waals surface area contributed by atoms with E-state index in [1.54, 1.807) is 6.92 Å². The Bertz CT molecular complexity index is 932. The number of anilines is 1. The first-order chi connectivity index (χ1) is 12.2. The number of carbonyl (C=O) groups is 1. The lowest BCUT2D eigenvalue weighted by Gasteiger charge is -2.16. The molecule has 0 saturated heterocycles. The molecular weight excluding hydrogens is 383 g/mol. The fourth-order valence-corrected chi connectivity index (χ4v) is 3.35. The molecule has 2 rings (SSSR count). The Morgan fingerprint density at radius 1 is 1.23 bits per heavy atom. The molecule has 2 aromatic carbocycles. The molecule has 0 atom stereocenters. The molecule has 26 heavy (non-hydrogen) atoms. The Labute approximate surface area is 156 Å². The van der Waals surface area contributed by atoms with Crippen molar-refractivity contribution in [1.82, 2.24) is 4.31 Å². The van der Waals surface area contributed by atoms with E-state index >= 15 is 0 Å². The van der Waals surface area contributed by atoms with E-state index in [-0.39, 0.29) is 33.5 Å². The van der Waals surface area contributed by atoms with Crippen molar-refractivity contribution in [3.05, 3.63) is 52.8 Å². The van der Waals surface area contributed by atoms with Gasteiger partial charge in [-0.1, -0.05) is 11.6 Å². The first kappa shape index (κ1) is 20.2. The van der Waals surface area contributed by atoms with Crippen molar-refractivity contribution in [1.29, 1.82) is 0 Å². The summed E-state index contributed by atoms with van der Waals surface area (Å²) in [7, 11) is -1.03. The zero-order valence-electron chi connectivity index (χ0n) is 14.4. The summed E-state index contributed by atoms with van der Waals surface area (Å²) >= 11 is 5.79. The molecule has 0 aliphatic heterocycles.